The van der Waals surface area contributed by atoms with Crippen molar-refractivity contribution in [3.63, 3.8) is 0 Å². The maximum absolute atomic E-state index is 13.6. The number of hydrogen-bond donors (Lipinski definition) is 1. The summed E-state index contributed by atoms with van der Waals surface area (Å²) in [7, 11) is 0. The van der Waals surface area contributed by atoms with E-state index in [1.807, 2.05) is 36.4 Å². The molecular formula is C21H16FN3O2. The van der Waals surface area contributed by atoms with Crippen LogP contribution in [-0.4, -0.2) is 15.3 Å². The molecular weight excluding hydrogens is 345 g/mol. The number of carbonyl (C=O) groups excluding carboxylic acids is 1. The van der Waals surface area contributed by atoms with Gasteiger partial charge < -0.3 is 10.1 Å². The zero-order valence-corrected chi connectivity index (χ0v) is 14.5. The molecule has 4 rings (SSSR count). The number of benzene rings is 2. The lowest BCUT2D eigenvalue weighted by Gasteiger charge is -2.12. The van der Waals surface area contributed by atoms with E-state index in [4.69, 9.17) is 4.74 Å². The molecule has 0 saturated heterocycles. The van der Waals surface area contributed by atoms with Crippen molar-refractivity contribution in [2.24, 2.45) is 0 Å². The van der Waals surface area contributed by atoms with Crippen molar-refractivity contribution >= 4 is 17.2 Å². The molecule has 2 heterocycles. The zero-order chi connectivity index (χ0) is 18.8. The minimum atomic E-state index is -0.443. The molecule has 0 radical (unpaired) electrons. The number of nitrogens with one attached hydrogen (secondary N) is 1. The molecule has 0 atom stereocenters. The molecule has 0 fully saturated rings. The van der Waals surface area contributed by atoms with Gasteiger partial charge in [-0.3, -0.25) is 9.20 Å². The van der Waals surface area contributed by atoms with Gasteiger partial charge in [-0.2, -0.15) is 0 Å². The van der Waals surface area contributed by atoms with Gasteiger partial charge in [-0.15, -0.1) is 0 Å². The van der Waals surface area contributed by atoms with E-state index in [1.165, 1.54) is 22.7 Å². The van der Waals surface area contributed by atoms with Crippen molar-refractivity contribution < 1.29 is 13.9 Å². The van der Waals surface area contributed by atoms with Crippen LogP contribution >= 0.6 is 0 Å². The fraction of sp³-hybridized carbons (Fsp3) is 0.0476. The Kier molecular flexibility index (Phi) is 4.30. The predicted molar refractivity (Wildman–Crippen MR) is 101 cm³/mol. The molecule has 0 saturated carbocycles. The second-order valence-corrected chi connectivity index (χ2v) is 5.99. The highest BCUT2D eigenvalue weighted by atomic mass is 19.1. The summed E-state index contributed by atoms with van der Waals surface area (Å²) in [4.78, 5) is 17.2. The second kappa shape index (κ2) is 6.92. The molecule has 5 nitrogen and oxygen atoms in total. The highest BCUT2D eigenvalue weighted by Crippen LogP contribution is 2.29. The van der Waals surface area contributed by atoms with E-state index in [1.54, 1.807) is 25.1 Å². The molecule has 2 aromatic carbocycles. The van der Waals surface area contributed by atoms with Gasteiger partial charge in [0.15, 0.2) is 5.75 Å². The Balaban J connectivity index is 1.66. The van der Waals surface area contributed by atoms with Gasteiger partial charge in [0.2, 0.25) is 0 Å². The first-order chi connectivity index (χ1) is 13.1. The summed E-state index contributed by atoms with van der Waals surface area (Å²) in [6.07, 6.45) is 1.25. The number of amides is 1. The van der Waals surface area contributed by atoms with Crippen LogP contribution in [0.25, 0.3) is 5.65 Å². The van der Waals surface area contributed by atoms with Gasteiger partial charge in [-0.25, -0.2) is 9.37 Å². The summed E-state index contributed by atoms with van der Waals surface area (Å²) in [6, 6.07) is 19.3. The standard InChI is InChI=1S/C21H16FN3O2/c1-14-20(25-13-15(22)11-12-19(25)23-14)21(26)24-17-9-5-6-10-18(17)27-16-7-3-2-4-8-16/h2-13H,1H3,(H,24,26). The van der Waals surface area contributed by atoms with Crippen LogP contribution in [0.4, 0.5) is 10.1 Å². The summed E-state index contributed by atoms with van der Waals surface area (Å²) < 4.78 is 20.9. The molecule has 0 bridgehead atoms. The Morgan fingerprint density at radius 1 is 1.04 bits per heavy atom. The molecule has 6 heteroatoms. The molecule has 1 N–H and O–H groups in total. The molecule has 0 unspecified atom stereocenters. The van der Waals surface area contributed by atoms with E-state index < -0.39 is 11.7 Å². The minimum absolute atomic E-state index is 0.277. The molecule has 2 aromatic heterocycles. The Hall–Kier alpha value is -3.67. The first kappa shape index (κ1) is 16.8. The van der Waals surface area contributed by atoms with Gasteiger partial charge in [-0.05, 0) is 43.3 Å². The van der Waals surface area contributed by atoms with Gasteiger partial charge in [0.05, 0.1) is 11.4 Å². The van der Waals surface area contributed by atoms with E-state index >= 15 is 0 Å². The summed E-state index contributed by atoms with van der Waals surface area (Å²) in [5.41, 5.74) is 1.81. The largest absolute Gasteiger partial charge is 0.455 e. The van der Waals surface area contributed by atoms with Gasteiger partial charge in [0.1, 0.15) is 22.9 Å². The van der Waals surface area contributed by atoms with Gasteiger partial charge in [-0.1, -0.05) is 30.3 Å². The van der Waals surface area contributed by atoms with Crippen LogP contribution in [0.15, 0.2) is 72.9 Å². The fourth-order valence-electron chi connectivity index (χ4n) is 2.87. The van der Waals surface area contributed by atoms with Crippen molar-refractivity contribution in [2.45, 2.75) is 6.92 Å². The average Bonchev–Trinajstić information content (AvgIpc) is 2.99. The monoisotopic (exact) mass is 361 g/mol. The number of pyridine rings is 1. The lowest BCUT2D eigenvalue weighted by Crippen LogP contribution is -2.16. The van der Waals surface area contributed by atoms with Crippen LogP contribution in [0.5, 0.6) is 11.5 Å². The molecule has 134 valence electrons. The number of anilines is 1. The highest BCUT2D eigenvalue weighted by Gasteiger charge is 2.18. The van der Waals surface area contributed by atoms with Crippen molar-refractivity contribution in [3.8, 4) is 11.5 Å². The molecule has 0 spiro atoms. The molecule has 0 aliphatic heterocycles. The molecule has 0 aliphatic carbocycles. The predicted octanol–water partition coefficient (Wildman–Crippen LogP) is 4.83. The first-order valence-corrected chi connectivity index (χ1v) is 8.39. The average molecular weight is 361 g/mol. The van der Waals surface area contributed by atoms with E-state index in [9.17, 15) is 9.18 Å². The van der Waals surface area contributed by atoms with Gasteiger partial charge in [0.25, 0.3) is 5.91 Å². The lowest BCUT2D eigenvalue weighted by atomic mass is 10.2. The van der Waals surface area contributed by atoms with Gasteiger partial charge in [0, 0.05) is 6.20 Å². The number of ether oxygens (including phenoxy) is 1. The number of aromatic nitrogens is 2. The van der Waals surface area contributed by atoms with Crippen LogP contribution in [0.1, 0.15) is 16.2 Å². The zero-order valence-electron chi connectivity index (χ0n) is 14.5. The Bertz CT molecular complexity index is 1120. The number of rotatable bonds is 4. The number of halogens is 1. The lowest BCUT2D eigenvalue weighted by molar-refractivity contribution is 0.102. The second-order valence-electron chi connectivity index (χ2n) is 5.99. The van der Waals surface area contributed by atoms with E-state index in [-0.39, 0.29) is 5.69 Å². The van der Waals surface area contributed by atoms with Crippen LogP contribution in [-0.2, 0) is 0 Å². The SMILES string of the molecule is Cc1nc2ccc(F)cn2c1C(=O)Nc1ccccc1Oc1ccccc1. The van der Waals surface area contributed by atoms with Crippen LogP contribution in [0.3, 0.4) is 0 Å². The van der Waals surface area contributed by atoms with E-state index in [0.717, 1.165) is 0 Å². The number of hydrogen-bond acceptors (Lipinski definition) is 3. The molecule has 4 aromatic rings. The summed E-state index contributed by atoms with van der Waals surface area (Å²) in [5.74, 6) is 0.332. The van der Waals surface area contributed by atoms with Crippen molar-refractivity contribution in [2.75, 3.05) is 5.32 Å². The highest BCUT2D eigenvalue weighted by molar-refractivity contribution is 6.05. The molecule has 1 amide bonds. The number of imidazole rings is 1. The first-order valence-electron chi connectivity index (χ1n) is 8.39. The topological polar surface area (TPSA) is 55.6 Å². The maximum atomic E-state index is 13.6. The van der Waals surface area contributed by atoms with Crippen molar-refractivity contribution in [3.05, 3.63) is 90.1 Å². The fourth-order valence-corrected chi connectivity index (χ4v) is 2.87. The van der Waals surface area contributed by atoms with Crippen molar-refractivity contribution in [1.29, 1.82) is 0 Å². The number of nitrogens with zero attached hydrogens (tertiary/aromatic N) is 2. The molecule has 27 heavy (non-hydrogen) atoms. The third kappa shape index (κ3) is 3.37. The number of aryl methyl sites for hydroxylation is 1. The summed E-state index contributed by atoms with van der Waals surface area (Å²) in [6.45, 7) is 1.71. The maximum Gasteiger partial charge on any atom is 0.274 e. The Morgan fingerprint density at radius 3 is 2.59 bits per heavy atom. The normalized spacial score (nSPS) is 10.7. The summed E-state index contributed by atoms with van der Waals surface area (Å²) in [5, 5.41) is 2.84. The number of carbonyl (C=O) groups is 1. The number of fused-ring (bicyclic) bond motifs is 1. The molecule has 0 aliphatic rings. The third-order valence-corrected chi connectivity index (χ3v) is 4.08. The van der Waals surface area contributed by atoms with Crippen LogP contribution in [0.2, 0.25) is 0 Å². The minimum Gasteiger partial charge on any atom is -0.455 e. The third-order valence-electron chi connectivity index (χ3n) is 4.08. The van der Waals surface area contributed by atoms with Crippen molar-refractivity contribution in [1.82, 2.24) is 9.38 Å². The quantitative estimate of drug-likeness (QED) is 0.567. The summed E-state index contributed by atoms with van der Waals surface area (Å²) >= 11 is 0. The van der Waals surface area contributed by atoms with Gasteiger partial charge >= 0.3 is 0 Å². The van der Waals surface area contributed by atoms with Crippen LogP contribution in [0, 0.1) is 12.7 Å². The van der Waals surface area contributed by atoms with Crippen LogP contribution < -0.4 is 10.1 Å². The Morgan fingerprint density at radius 2 is 1.78 bits per heavy atom. The van der Waals surface area contributed by atoms with E-state index in [0.29, 0.717) is 28.5 Å². The number of para-hydroxylation sites is 3. The Labute approximate surface area is 155 Å². The smallest absolute Gasteiger partial charge is 0.274 e. The van der Waals surface area contributed by atoms with E-state index in [2.05, 4.69) is 10.3 Å².